The Morgan fingerprint density at radius 3 is 2.50 bits per heavy atom. The minimum Gasteiger partial charge on any atom is -0.351 e. The Labute approximate surface area is 132 Å². The third-order valence-corrected chi connectivity index (χ3v) is 4.81. The van der Waals surface area contributed by atoms with E-state index in [-0.39, 0.29) is 17.9 Å². The molecule has 0 spiro atoms. The van der Waals surface area contributed by atoms with Gasteiger partial charge in [0.1, 0.15) is 6.04 Å². The second-order valence-corrected chi connectivity index (χ2v) is 6.44. The molecule has 2 rings (SSSR count). The maximum Gasteiger partial charge on any atom is 0.251 e. The molecular formula is C18H26N2O2. The van der Waals surface area contributed by atoms with Gasteiger partial charge in [0.2, 0.25) is 5.91 Å². The molecule has 1 aromatic carbocycles. The zero-order chi connectivity index (χ0) is 16.1. The summed E-state index contributed by atoms with van der Waals surface area (Å²) < 4.78 is 0. The lowest BCUT2D eigenvalue weighted by Crippen LogP contribution is -2.51. The largest absolute Gasteiger partial charge is 0.351 e. The lowest BCUT2D eigenvalue weighted by atomic mass is 9.78. The first-order chi connectivity index (χ1) is 10.5. The van der Waals surface area contributed by atoms with Gasteiger partial charge < -0.3 is 10.6 Å². The van der Waals surface area contributed by atoms with E-state index in [0.717, 1.165) is 12.8 Å². The van der Waals surface area contributed by atoms with Crippen molar-refractivity contribution in [2.45, 2.75) is 52.1 Å². The highest BCUT2D eigenvalue weighted by Gasteiger charge is 2.29. The summed E-state index contributed by atoms with van der Waals surface area (Å²) in [6, 6.07) is 8.65. The van der Waals surface area contributed by atoms with Crippen LogP contribution in [-0.4, -0.2) is 23.9 Å². The molecule has 0 bridgehead atoms. The summed E-state index contributed by atoms with van der Waals surface area (Å²) in [7, 11) is 0. The first-order valence-corrected chi connectivity index (χ1v) is 8.15. The van der Waals surface area contributed by atoms with Crippen molar-refractivity contribution >= 4 is 11.8 Å². The molecule has 0 radical (unpaired) electrons. The number of rotatable bonds is 4. The predicted molar refractivity (Wildman–Crippen MR) is 87.5 cm³/mol. The van der Waals surface area contributed by atoms with Crippen molar-refractivity contribution < 1.29 is 9.59 Å². The molecule has 0 heterocycles. The summed E-state index contributed by atoms with van der Waals surface area (Å²) in [4.78, 5) is 24.4. The Morgan fingerprint density at radius 1 is 1.14 bits per heavy atom. The minimum atomic E-state index is -0.530. The normalized spacial score (nSPS) is 26.0. The smallest absolute Gasteiger partial charge is 0.251 e. The van der Waals surface area contributed by atoms with E-state index in [4.69, 9.17) is 0 Å². The fourth-order valence-electron chi connectivity index (χ4n) is 3.03. The van der Waals surface area contributed by atoms with Crippen LogP contribution >= 0.6 is 0 Å². The monoisotopic (exact) mass is 302 g/mol. The molecule has 1 aliphatic rings. The van der Waals surface area contributed by atoms with Crippen LogP contribution in [0.4, 0.5) is 0 Å². The van der Waals surface area contributed by atoms with Crippen molar-refractivity contribution in [1.29, 1.82) is 0 Å². The number of nitrogens with one attached hydrogen (secondary N) is 2. The van der Waals surface area contributed by atoms with Gasteiger partial charge in [0.05, 0.1) is 0 Å². The van der Waals surface area contributed by atoms with E-state index < -0.39 is 6.04 Å². The van der Waals surface area contributed by atoms with Crippen molar-refractivity contribution in [1.82, 2.24) is 10.6 Å². The van der Waals surface area contributed by atoms with Gasteiger partial charge in [0.15, 0.2) is 0 Å². The van der Waals surface area contributed by atoms with Crippen molar-refractivity contribution in [3.05, 3.63) is 35.9 Å². The molecule has 120 valence electrons. The number of hydrogen-bond acceptors (Lipinski definition) is 2. The molecule has 4 unspecified atom stereocenters. The summed E-state index contributed by atoms with van der Waals surface area (Å²) in [6.45, 7) is 6.17. The van der Waals surface area contributed by atoms with E-state index in [1.54, 1.807) is 19.1 Å². The maximum atomic E-state index is 12.3. The molecule has 4 heteroatoms. The quantitative estimate of drug-likeness (QED) is 0.898. The van der Waals surface area contributed by atoms with E-state index >= 15 is 0 Å². The number of amides is 2. The van der Waals surface area contributed by atoms with Gasteiger partial charge >= 0.3 is 0 Å². The van der Waals surface area contributed by atoms with Crippen LogP contribution < -0.4 is 10.6 Å². The molecule has 1 aliphatic carbocycles. The van der Waals surface area contributed by atoms with Crippen LogP contribution in [0.2, 0.25) is 0 Å². The maximum absolute atomic E-state index is 12.3. The molecule has 1 aromatic rings. The Balaban J connectivity index is 1.88. The summed E-state index contributed by atoms with van der Waals surface area (Å²) in [5, 5.41) is 5.86. The van der Waals surface area contributed by atoms with Crippen LogP contribution in [0.1, 0.15) is 50.4 Å². The minimum absolute atomic E-state index is 0.102. The molecule has 22 heavy (non-hydrogen) atoms. The van der Waals surface area contributed by atoms with Gasteiger partial charge in [-0.15, -0.1) is 0 Å². The van der Waals surface area contributed by atoms with Crippen molar-refractivity contribution in [2.75, 3.05) is 0 Å². The number of benzene rings is 1. The fourth-order valence-corrected chi connectivity index (χ4v) is 3.03. The van der Waals surface area contributed by atoms with Crippen LogP contribution in [0.25, 0.3) is 0 Å². The third kappa shape index (κ3) is 4.09. The van der Waals surface area contributed by atoms with Crippen LogP contribution in [0, 0.1) is 11.8 Å². The molecule has 1 saturated carbocycles. The zero-order valence-corrected chi connectivity index (χ0v) is 13.6. The lowest BCUT2D eigenvalue weighted by molar-refractivity contribution is -0.124. The molecule has 0 saturated heterocycles. The summed E-state index contributed by atoms with van der Waals surface area (Å²) >= 11 is 0. The van der Waals surface area contributed by atoms with Crippen LogP contribution in [0.5, 0.6) is 0 Å². The molecule has 0 aromatic heterocycles. The van der Waals surface area contributed by atoms with Crippen molar-refractivity contribution in [3.8, 4) is 0 Å². The summed E-state index contributed by atoms with van der Waals surface area (Å²) in [6.07, 6.45) is 3.41. The highest BCUT2D eigenvalue weighted by Crippen LogP contribution is 2.29. The van der Waals surface area contributed by atoms with E-state index in [2.05, 4.69) is 24.5 Å². The molecule has 2 amide bonds. The first-order valence-electron chi connectivity index (χ1n) is 8.15. The first kappa shape index (κ1) is 16.5. The SMILES string of the molecule is CC(NC(=O)c1ccccc1)C(=O)NC1CCCC(C)C1C. The molecule has 1 fully saturated rings. The Morgan fingerprint density at radius 2 is 1.82 bits per heavy atom. The molecule has 4 atom stereocenters. The average molecular weight is 302 g/mol. The highest BCUT2D eigenvalue weighted by atomic mass is 16.2. The third-order valence-electron chi connectivity index (χ3n) is 4.81. The van der Waals surface area contributed by atoms with Gasteiger partial charge in [-0.05, 0) is 37.3 Å². The number of hydrogen-bond donors (Lipinski definition) is 2. The molecule has 2 N–H and O–H groups in total. The summed E-state index contributed by atoms with van der Waals surface area (Å²) in [5.41, 5.74) is 0.571. The van der Waals surface area contributed by atoms with Gasteiger partial charge in [0.25, 0.3) is 5.91 Å². The van der Waals surface area contributed by atoms with Crippen LogP contribution in [-0.2, 0) is 4.79 Å². The Hall–Kier alpha value is -1.84. The van der Waals surface area contributed by atoms with Gasteiger partial charge in [-0.1, -0.05) is 44.9 Å². The zero-order valence-electron chi connectivity index (χ0n) is 13.6. The van der Waals surface area contributed by atoms with Gasteiger partial charge in [0, 0.05) is 11.6 Å². The van der Waals surface area contributed by atoms with Gasteiger partial charge in [-0.25, -0.2) is 0 Å². The van der Waals surface area contributed by atoms with Crippen LogP contribution in [0.15, 0.2) is 30.3 Å². The van der Waals surface area contributed by atoms with E-state index in [1.807, 2.05) is 18.2 Å². The van der Waals surface area contributed by atoms with Gasteiger partial charge in [-0.3, -0.25) is 9.59 Å². The number of carbonyl (C=O) groups excluding carboxylic acids is 2. The van der Waals surface area contributed by atoms with Crippen LogP contribution in [0.3, 0.4) is 0 Å². The van der Waals surface area contributed by atoms with Crippen molar-refractivity contribution in [2.24, 2.45) is 11.8 Å². The molecular weight excluding hydrogens is 276 g/mol. The lowest BCUT2D eigenvalue weighted by Gasteiger charge is -2.35. The topological polar surface area (TPSA) is 58.2 Å². The molecule has 4 nitrogen and oxygen atoms in total. The second-order valence-electron chi connectivity index (χ2n) is 6.44. The Bertz CT molecular complexity index is 515. The van der Waals surface area contributed by atoms with Crippen molar-refractivity contribution in [3.63, 3.8) is 0 Å². The molecule has 0 aliphatic heterocycles. The average Bonchev–Trinajstić information content (AvgIpc) is 2.52. The number of carbonyl (C=O) groups is 2. The highest BCUT2D eigenvalue weighted by molar-refractivity contribution is 5.97. The van der Waals surface area contributed by atoms with E-state index in [1.165, 1.54) is 6.42 Å². The van der Waals surface area contributed by atoms with E-state index in [0.29, 0.717) is 17.4 Å². The standard InChI is InChI=1S/C18H26N2O2/c1-12-8-7-11-16(13(12)2)20-17(21)14(3)19-18(22)15-9-5-4-6-10-15/h4-6,9-10,12-14,16H,7-8,11H2,1-3H3,(H,19,22)(H,20,21). The predicted octanol–water partition coefficient (Wildman–Crippen LogP) is 2.75. The Kier molecular flexibility index (Phi) is 5.58. The summed E-state index contributed by atoms with van der Waals surface area (Å²) in [5.74, 6) is 0.798. The fraction of sp³-hybridized carbons (Fsp3) is 0.556. The van der Waals surface area contributed by atoms with E-state index in [9.17, 15) is 9.59 Å². The second kappa shape index (κ2) is 7.43. The van der Waals surface area contributed by atoms with Gasteiger partial charge in [-0.2, -0.15) is 0 Å².